The van der Waals surface area contributed by atoms with Gasteiger partial charge in [-0.3, -0.25) is 14.9 Å². The second-order valence-corrected chi connectivity index (χ2v) is 4.55. The van der Waals surface area contributed by atoms with E-state index in [1.807, 2.05) is 6.92 Å². The Morgan fingerprint density at radius 1 is 1.71 bits per heavy atom. The highest BCUT2D eigenvalue weighted by Gasteiger charge is 2.56. The minimum atomic E-state index is -0.574. The fourth-order valence-corrected chi connectivity index (χ4v) is 2.34. The molecule has 0 aromatic heterocycles. The quantitative estimate of drug-likeness (QED) is 0.660. The van der Waals surface area contributed by atoms with Gasteiger partial charge in [-0.25, -0.2) is 0 Å². The smallest absolute Gasteiger partial charge is 0.304 e. The molecule has 6 nitrogen and oxygen atoms in total. The molecule has 6 heteroatoms. The topological polar surface area (TPSA) is 67.9 Å². The average molecular weight is 242 g/mol. The number of esters is 1. The van der Waals surface area contributed by atoms with Crippen LogP contribution in [0, 0.1) is 0 Å². The van der Waals surface area contributed by atoms with Crippen molar-refractivity contribution >= 4 is 11.9 Å². The van der Waals surface area contributed by atoms with Gasteiger partial charge in [-0.1, -0.05) is 0 Å². The standard InChI is InChI=1S/C11H18N2O4/c1-4-13-6-11(17-7(2)9(13)15)5-12-10(11)16-8(3)14/h7,10,12H,4-6H2,1-3H3/t7-,10?,11?/m0/s1. The van der Waals surface area contributed by atoms with Crippen LogP contribution in [-0.4, -0.2) is 54.3 Å². The molecule has 2 aliphatic heterocycles. The van der Waals surface area contributed by atoms with Crippen molar-refractivity contribution in [2.75, 3.05) is 19.6 Å². The van der Waals surface area contributed by atoms with E-state index in [1.165, 1.54) is 6.92 Å². The summed E-state index contributed by atoms with van der Waals surface area (Å²) in [5.74, 6) is -0.357. The maximum atomic E-state index is 11.8. The van der Waals surface area contributed by atoms with Crippen molar-refractivity contribution in [1.82, 2.24) is 10.2 Å². The van der Waals surface area contributed by atoms with Gasteiger partial charge in [0.25, 0.3) is 5.91 Å². The van der Waals surface area contributed by atoms with E-state index in [4.69, 9.17) is 9.47 Å². The molecular formula is C11H18N2O4. The summed E-state index contributed by atoms with van der Waals surface area (Å²) in [5, 5.41) is 3.01. The predicted molar refractivity (Wildman–Crippen MR) is 59.1 cm³/mol. The molecule has 3 atom stereocenters. The summed E-state index contributed by atoms with van der Waals surface area (Å²) < 4.78 is 10.9. The first-order chi connectivity index (χ1) is 7.98. The Morgan fingerprint density at radius 3 is 2.88 bits per heavy atom. The maximum Gasteiger partial charge on any atom is 0.304 e. The van der Waals surface area contributed by atoms with E-state index in [0.29, 0.717) is 19.6 Å². The van der Waals surface area contributed by atoms with Gasteiger partial charge < -0.3 is 14.4 Å². The minimum absolute atomic E-state index is 0.00778. The molecule has 1 amide bonds. The number of nitrogens with zero attached hydrogens (tertiary/aromatic N) is 1. The molecule has 2 heterocycles. The molecule has 1 N–H and O–H groups in total. The summed E-state index contributed by atoms with van der Waals surface area (Å²) in [4.78, 5) is 24.5. The summed E-state index contributed by atoms with van der Waals surface area (Å²) in [6, 6.07) is 0. The summed E-state index contributed by atoms with van der Waals surface area (Å²) >= 11 is 0. The highest BCUT2D eigenvalue weighted by molar-refractivity contribution is 5.81. The lowest BCUT2D eigenvalue weighted by Crippen LogP contribution is -2.77. The van der Waals surface area contributed by atoms with E-state index in [-0.39, 0.29) is 11.9 Å². The number of amides is 1. The lowest BCUT2D eigenvalue weighted by Gasteiger charge is -2.54. The lowest BCUT2D eigenvalue weighted by atomic mass is 9.90. The Hall–Kier alpha value is -1.14. The molecule has 0 aliphatic carbocycles. The number of rotatable bonds is 2. The van der Waals surface area contributed by atoms with Crippen molar-refractivity contribution in [1.29, 1.82) is 0 Å². The number of hydrogen-bond donors (Lipinski definition) is 1. The second kappa shape index (κ2) is 4.27. The molecule has 17 heavy (non-hydrogen) atoms. The molecule has 0 bridgehead atoms. The number of ether oxygens (including phenoxy) is 2. The van der Waals surface area contributed by atoms with Crippen LogP contribution in [0.3, 0.4) is 0 Å². The summed E-state index contributed by atoms with van der Waals surface area (Å²) in [6.45, 7) is 6.73. The van der Waals surface area contributed by atoms with E-state index in [2.05, 4.69) is 5.32 Å². The van der Waals surface area contributed by atoms with Crippen LogP contribution in [-0.2, 0) is 19.1 Å². The van der Waals surface area contributed by atoms with Gasteiger partial charge in [-0.15, -0.1) is 0 Å². The van der Waals surface area contributed by atoms with E-state index in [0.717, 1.165) is 0 Å². The molecule has 0 aromatic rings. The van der Waals surface area contributed by atoms with Crippen molar-refractivity contribution in [2.24, 2.45) is 0 Å². The molecule has 0 radical (unpaired) electrons. The first kappa shape index (κ1) is 12.3. The van der Waals surface area contributed by atoms with Crippen LogP contribution in [0.1, 0.15) is 20.8 Å². The summed E-state index contributed by atoms with van der Waals surface area (Å²) in [7, 11) is 0. The third-order valence-electron chi connectivity index (χ3n) is 3.26. The molecular weight excluding hydrogens is 224 g/mol. The van der Waals surface area contributed by atoms with Crippen molar-refractivity contribution in [2.45, 2.75) is 38.7 Å². The zero-order chi connectivity index (χ0) is 12.6. The minimum Gasteiger partial charge on any atom is -0.443 e. The molecule has 1 spiro atoms. The molecule has 0 aromatic carbocycles. The first-order valence-corrected chi connectivity index (χ1v) is 5.86. The largest absolute Gasteiger partial charge is 0.443 e. The van der Waals surface area contributed by atoms with E-state index in [1.54, 1.807) is 11.8 Å². The van der Waals surface area contributed by atoms with Gasteiger partial charge >= 0.3 is 5.97 Å². The van der Waals surface area contributed by atoms with Gasteiger partial charge in [0, 0.05) is 20.0 Å². The Kier molecular flexibility index (Phi) is 3.09. The normalized spacial score (nSPS) is 36.9. The number of nitrogens with one attached hydrogen (secondary N) is 1. The van der Waals surface area contributed by atoms with Crippen molar-refractivity contribution in [3.05, 3.63) is 0 Å². The average Bonchev–Trinajstić information content (AvgIpc) is 2.28. The van der Waals surface area contributed by atoms with Crippen LogP contribution in [0.2, 0.25) is 0 Å². The van der Waals surface area contributed by atoms with Crippen molar-refractivity contribution in [3.63, 3.8) is 0 Å². The monoisotopic (exact) mass is 242 g/mol. The highest BCUT2D eigenvalue weighted by Crippen LogP contribution is 2.32. The molecule has 2 unspecified atom stereocenters. The van der Waals surface area contributed by atoms with Gasteiger partial charge in [0.05, 0.1) is 6.54 Å². The first-order valence-electron chi connectivity index (χ1n) is 5.86. The number of carbonyl (C=O) groups excluding carboxylic acids is 2. The van der Waals surface area contributed by atoms with Crippen LogP contribution in [0.4, 0.5) is 0 Å². The highest BCUT2D eigenvalue weighted by atomic mass is 16.6. The van der Waals surface area contributed by atoms with E-state index in [9.17, 15) is 9.59 Å². The van der Waals surface area contributed by atoms with Gasteiger partial charge in [0.15, 0.2) is 6.23 Å². The third-order valence-corrected chi connectivity index (χ3v) is 3.26. The van der Waals surface area contributed by atoms with Crippen molar-refractivity contribution in [3.8, 4) is 0 Å². The molecule has 2 aliphatic rings. The zero-order valence-corrected chi connectivity index (χ0v) is 10.4. The molecule has 96 valence electrons. The number of hydrogen-bond acceptors (Lipinski definition) is 5. The Morgan fingerprint density at radius 2 is 2.41 bits per heavy atom. The Labute approximate surface area is 100 Å². The van der Waals surface area contributed by atoms with Gasteiger partial charge in [-0.05, 0) is 13.8 Å². The van der Waals surface area contributed by atoms with E-state index >= 15 is 0 Å². The van der Waals surface area contributed by atoms with Crippen LogP contribution >= 0.6 is 0 Å². The Balaban J connectivity index is 2.10. The van der Waals surface area contributed by atoms with Crippen molar-refractivity contribution < 1.29 is 19.1 Å². The number of morpholine rings is 1. The summed E-state index contributed by atoms with van der Waals surface area (Å²) in [5.41, 5.74) is -0.574. The lowest BCUT2D eigenvalue weighted by molar-refractivity contribution is -0.245. The fourth-order valence-electron chi connectivity index (χ4n) is 2.34. The van der Waals surface area contributed by atoms with Crippen LogP contribution in [0.25, 0.3) is 0 Å². The van der Waals surface area contributed by atoms with Gasteiger partial charge in [0.2, 0.25) is 0 Å². The second-order valence-electron chi connectivity index (χ2n) is 4.55. The fraction of sp³-hybridized carbons (Fsp3) is 0.818. The predicted octanol–water partition coefficient (Wildman–Crippen LogP) is -0.515. The molecule has 2 fully saturated rings. The van der Waals surface area contributed by atoms with Crippen LogP contribution < -0.4 is 5.32 Å². The number of carbonyl (C=O) groups is 2. The molecule has 2 saturated heterocycles. The molecule has 2 rings (SSSR count). The van der Waals surface area contributed by atoms with Gasteiger partial charge in [0.1, 0.15) is 11.7 Å². The number of likely N-dealkylation sites (N-methyl/N-ethyl adjacent to an activating group) is 1. The molecule has 0 saturated carbocycles. The van der Waals surface area contributed by atoms with Crippen LogP contribution in [0.5, 0.6) is 0 Å². The Bertz CT molecular complexity index is 346. The van der Waals surface area contributed by atoms with Crippen LogP contribution in [0.15, 0.2) is 0 Å². The zero-order valence-electron chi connectivity index (χ0n) is 10.4. The van der Waals surface area contributed by atoms with E-state index < -0.39 is 17.9 Å². The maximum absolute atomic E-state index is 11.8. The third kappa shape index (κ3) is 2.02. The SMILES string of the molecule is CCN1CC2(CNC2OC(C)=O)O[C@@H](C)C1=O. The van der Waals surface area contributed by atoms with Gasteiger partial charge in [-0.2, -0.15) is 0 Å². The summed E-state index contributed by atoms with van der Waals surface area (Å²) in [6.07, 6.45) is -0.937.